The third-order valence-electron chi connectivity index (χ3n) is 3.63. The number of hydrogen-bond acceptors (Lipinski definition) is 5. The molecule has 0 aliphatic carbocycles. The number of aromatic nitrogens is 2. The van der Waals surface area contributed by atoms with Crippen LogP contribution >= 0.6 is 0 Å². The zero-order valence-corrected chi connectivity index (χ0v) is 14.2. The van der Waals surface area contributed by atoms with E-state index in [0.29, 0.717) is 12.1 Å². The van der Waals surface area contributed by atoms with Gasteiger partial charge in [0.2, 0.25) is 5.95 Å². The molecule has 0 aliphatic heterocycles. The molecule has 1 atom stereocenters. The fraction of sp³-hybridized carbons (Fsp3) is 0.375. The van der Waals surface area contributed by atoms with Gasteiger partial charge in [0.25, 0.3) is 0 Å². The maximum atomic E-state index is 13.8. The van der Waals surface area contributed by atoms with E-state index in [9.17, 15) is 31.4 Å². The molecule has 0 fully saturated rings. The first-order valence-corrected chi connectivity index (χ1v) is 7.77. The van der Waals surface area contributed by atoms with Crippen LogP contribution in [-0.2, 0) is 6.18 Å². The highest BCUT2D eigenvalue weighted by Crippen LogP contribution is 2.31. The van der Waals surface area contributed by atoms with Crippen molar-refractivity contribution in [3.63, 3.8) is 0 Å². The van der Waals surface area contributed by atoms with E-state index in [1.807, 2.05) is 0 Å². The minimum Gasteiger partial charge on any atom is -0.394 e. The van der Waals surface area contributed by atoms with Gasteiger partial charge in [-0.1, -0.05) is 13.8 Å². The summed E-state index contributed by atoms with van der Waals surface area (Å²) in [5.74, 6) is -5.95. The Bertz CT molecular complexity index is 812. The van der Waals surface area contributed by atoms with Crippen molar-refractivity contribution in [3.8, 4) is 0 Å². The molecule has 0 saturated heterocycles. The third kappa shape index (κ3) is 5.00. The minimum absolute atomic E-state index is 0.159. The lowest BCUT2D eigenvalue weighted by Crippen LogP contribution is -2.30. The van der Waals surface area contributed by atoms with E-state index in [2.05, 4.69) is 20.6 Å². The minimum atomic E-state index is -4.84. The molecule has 0 saturated carbocycles. The molecule has 2 aromatic rings. The lowest BCUT2D eigenvalue weighted by molar-refractivity contribution is -0.141. The molecule has 0 radical (unpaired) electrons. The Hall–Kier alpha value is -2.56. The quantitative estimate of drug-likeness (QED) is 0.509. The molecule has 0 aliphatic rings. The Morgan fingerprint density at radius 3 is 2.30 bits per heavy atom. The summed E-state index contributed by atoms with van der Waals surface area (Å²) < 4.78 is 79.3. The fourth-order valence-electron chi connectivity index (χ4n) is 2.07. The molecule has 0 bridgehead atoms. The first-order valence-electron chi connectivity index (χ1n) is 7.77. The monoisotopic (exact) mass is 394 g/mol. The molecule has 2 rings (SSSR count). The van der Waals surface area contributed by atoms with Crippen molar-refractivity contribution < 1.29 is 31.4 Å². The van der Waals surface area contributed by atoms with Crippen LogP contribution in [0.5, 0.6) is 0 Å². The molecule has 11 heteroatoms. The van der Waals surface area contributed by atoms with Gasteiger partial charge in [-0.2, -0.15) is 18.2 Å². The van der Waals surface area contributed by atoms with E-state index in [4.69, 9.17) is 0 Å². The topological polar surface area (TPSA) is 70.1 Å². The maximum Gasteiger partial charge on any atom is 0.433 e. The predicted octanol–water partition coefficient (Wildman–Crippen LogP) is 4.09. The molecular formula is C16H16F6N4O. The van der Waals surface area contributed by atoms with Gasteiger partial charge in [0, 0.05) is 6.07 Å². The molecular weight excluding hydrogens is 378 g/mol. The van der Waals surface area contributed by atoms with Crippen LogP contribution in [0.15, 0.2) is 18.2 Å². The van der Waals surface area contributed by atoms with Crippen molar-refractivity contribution in [2.75, 3.05) is 17.2 Å². The van der Waals surface area contributed by atoms with Crippen LogP contribution < -0.4 is 10.6 Å². The summed E-state index contributed by atoms with van der Waals surface area (Å²) >= 11 is 0. The summed E-state index contributed by atoms with van der Waals surface area (Å²) in [6, 6.07) is 1.30. The van der Waals surface area contributed by atoms with Gasteiger partial charge in [-0.3, -0.25) is 0 Å². The summed E-state index contributed by atoms with van der Waals surface area (Å²) in [6.45, 7) is 3.05. The van der Waals surface area contributed by atoms with Gasteiger partial charge < -0.3 is 15.7 Å². The normalized spacial score (nSPS) is 13.0. The molecule has 0 spiro atoms. The van der Waals surface area contributed by atoms with Crippen molar-refractivity contribution in [2.24, 2.45) is 5.92 Å². The van der Waals surface area contributed by atoms with E-state index in [1.165, 1.54) is 0 Å². The van der Waals surface area contributed by atoms with Gasteiger partial charge in [0.1, 0.15) is 5.82 Å². The van der Waals surface area contributed by atoms with Crippen molar-refractivity contribution in [1.29, 1.82) is 0 Å². The van der Waals surface area contributed by atoms with E-state index < -0.39 is 59.4 Å². The summed E-state index contributed by atoms with van der Waals surface area (Å²) in [6.07, 6.45) is -4.84. The summed E-state index contributed by atoms with van der Waals surface area (Å²) in [4.78, 5) is 7.12. The molecule has 1 aromatic heterocycles. The Kier molecular flexibility index (Phi) is 6.14. The smallest absolute Gasteiger partial charge is 0.394 e. The van der Waals surface area contributed by atoms with Crippen molar-refractivity contribution in [3.05, 3.63) is 41.3 Å². The van der Waals surface area contributed by atoms with Gasteiger partial charge in [0.05, 0.1) is 18.3 Å². The first-order chi connectivity index (χ1) is 12.5. The van der Waals surface area contributed by atoms with Crippen LogP contribution in [0.1, 0.15) is 19.5 Å². The van der Waals surface area contributed by atoms with Crippen LogP contribution in [0, 0.1) is 23.4 Å². The van der Waals surface area contributed by atoms with Crippen molar-refractivity contribution in [2.45, 2.75) is 26.1 Å². The highest BCUT2D eigenvalue weighted by Gasteiger charge is 2.34. The van der Waals surface area contributed by atoms with Crippen molar-refractivity contribution in [1.82, 2.24) is 9.97 Å². The summed E-state index contributed by atoms with van der Waals surface area (Å²) in [5.41, 5.74) is -1.94. The highest BCUT2D eigenvalue weighted by molar-refractivity contribution is 5.58. The van der Waals surface area contributed by atoms with E-state index in [1.54, 1.807) is 13.8 Å². The lowest BCUT2D eigenvalue weighted by atomic mass is 10.1. The van der Waals surface area contributed by atoms with Gasteiger partial charge >= 0.3 is 6.18 Å². The molecule has 1 aromatic carbocycles. The average molecular weight is 394 g/mol. The van der Waals surface area contributed by atoms with Gasteiger partial charge in [-0.25, -0.2) is 18.2 Å². The van der Waals surface area contributed by atoms with Gasteiger partial charge in [-0.05, 0) is 18.1 Å². The van der Waals surface area contributed by atoms with Crippen LogP contribution in [0.3, 0.4) is 0 Å². The number of halogens is 6. The second kappa shape index (κ2) is 7.99. The zero-order valence-electron chi connectivity index (χ0n) is 14.2. The summed E-state index contributed by atoms with van der Waals surface area (Å²) in [5, 5.41) is 14.0. The average Bonchev–Trinajstić information content (AvgIpc) is 2.59. The number of rotatable bonds is 6. The Morgan fingerprint density at radius 2 is 1.74 bits per heavy atom. The number of nitrogens with zero attached hydrogens (tertiary/aromatic N) is 2. The van der Waals surface area contributed by atoms with Gasteiger partial charge in [0.15, 0.2) is 23.1 Å². The second-order valence-corrected chi connectivity index (χ2v) is 5.99. The standard InChI is InChI=1S/C16H16F6N4O/c1-7(2)10(6-27)24-15-25-11(16(20,21)22)5-12(26-15)23-9-4-3-8(17)13(18)14(9)19/h3-5,7,10,27H,6H2,1-2H3,(H2,23,24,25,26)/t10-/m1/s1. The molecule has 148 valence electrons. The predicted molar refractivity (Wildman–Crippen MR) is 86.0 cm³/mol. The Balaban J connectivity index is 2.43. The first kappa shape index (κ1) is 20.7. The van der Waals surface area contributed by atoms with Crippen LogP contribution in [0.4, 0.5) is 43.8 Å². The van der Waals surface area contributed by atoms with E-state index >= 15 is 0 Å². The van der Waals surface area contributed by atoms with Crippen LogP contribution in [-0.4, -0.2) is 27.7 Å². The number of benzene rings is 1. The number of nitrogens with one attached hydrogen (secondary N) is 2. The third-order valence-corrected chi connectivity index (χ3v) is 3.63. The zero-order chi connectivity index (χ0) is 20.4. The van der Waals surface area contributed by atoms with Crippen LogP contribution in [0.25, 0.3) is 0 Å². The number of anilines is 3. The number of aliphatic hydroxyl groups excluding tert-OH is 1. The highest BCUT2D eigenvalue weighted by atomic mass is 19.4. The van der Waals surface area contributed by atoms with Crippen LogP contribution in [0.2, 0.25) is 0 Å². The van der Waals surface area contributed by atoms with Gasteiger partial charge in [-0.15, -0.1) is 0 Å². The molecule has 1 heterocycles. The Morgan fingerprint density at radius 1 is 1.07 bits per heavy atom. The van der Waals surface area contributed by atoms with E-state index in [-0.39, 0.29) is 5.92 Å². The van der Waals surface area contributed by atoms with E-state index in [0.717, 1.165) is 6.07 Å². The largest absolute Gasteiger partial charge is 0.433 e. The Labute approximate surface area is 150 Å². The maximum absolute atomic E-state index is 13.8. The molecule has 0 amide bonds. The van der Waals surface area contributed by atoms with Crippen molar-refractivity contribution >= 4 is 17.5 Å². The fourth-order valence-corrected chi connectivity index (χ4v) is 2.07. The molecule has 27 heavy (non-hydrogen) atoms. The summed E-state index contributed by atoms with van der Waals surface area (Å²) in [7, 11) is 0. The molecule has 5 nitrogen and oxygen atoms in total. The molecule has 3 N–H and O–H groups in total. The number of hydrogen-bond donors (Lipinski definition) is 3. The number of alkyl halides is 3. The molecule has 0 unspecified atom stereocenters. The second-order valence-electron chi connectivity index (χ2n) is 5.99. The lowest BCUT2D eigenvalue weighted by Gasteiger charge is -2.21. The SMILES string of the molecule is CC(C)[C@@H](CO)Nc1nc(Nc2ccc(F)c(F)c2F)cc(C(F)(F)F)n1. The number of aliphatic hydroxyl groups is 1.